The number of anilines is 1. The first-order valence-electron chi connectivity index (χ1n) is 5.34. The standard InChI is InChI=1S/C10H15N3O2S/c1-2-13(6-3-4-6)10-12-7(5-16-10)8(11)9(14)15/h5-6,8H,2-4,11H2,1H3,(H,14,15). The topological polar surface area (TPSA) is 79.5 Å². The quantitative estimate of drug-likeness (QED) is 0.810. The van der Waals surface area contributed by atoms with Crippen molar-refractivity contribution in [2.75, 3.05) is 11.4 Å². The Morgan fingerprint density at radius 1 is 1.81 bits per heavy atom. The highest BCUT2D eigenvalue weighted by Crippen LogP contribution is 2.33. The molecule has 5 nitrogen and oxygen atoms in total. The van der Waals surface area contributed by atoms with E-state index in [0.29, 0.717) is 11.7 Å². The van der Waals surface area contributed by atoms with Gasteiger partial charge in [0.05, 0.1) is 5.69 Å². The van der Waals surface area contributed by atoms with Crippen LogP contribution in [0.25, 0.3) is 0 Å². The summed E-state index contributed by atoms with van der Waals surface area (Å²) in [7, 11) is 0. The van der Waals surface area contributed by atoms with Crippen molar-refractivity contribution in [3.05, 3.63) is 11.1 Å². The largest absolute Gasteiger partial charge is 0.480 e. The lowest BCUT2D eigenvalue weighted by molar-refractivity contribution is -0.138. The van der Waals surface area contributed by atoms with Gasteiger partial charge in [0.25, 0.3) is 0 Å². The molecule has 0 saturated heterocycles. The zero-order valence-electron chi connectivity index (χ0n) is 9.09. The molecule has 1 aliphatic rings. The van der Waals surface area contributed by atoms with Gasteiger partial charge >= 0.3 is 5.97 Å². The van der Waals surface area contributed by atoms with Gasteiger partial charge in [0.15, 0.2) is 5.13 Å². The van der Waals surface area contributed by atoms with Crippen LogP contribution in [0.3, 0.4) is 0 Å². The number of nitrogens with zero attached hydrogens (tertiary/aromatic N) is 2. The number of rotatable bonds is 5. The number of aliphatic carboxylic acids is 1. The van der Waals surface area contributed by atoms with Crippen molar-refractivity contribution in [1.29, 1.82) is 0 Å². The van der Waals surface area contributed by atoms with Gasteiger partial charge in [0, 0.05) is 18.0 Å². The molecule has 1 aliphatic carbocycles. The normalized spacial score (nSPS) is 17.1. The maximum absolute atomic E-state index is 10.7. The zero-order chi connectivity index (χ0) is 11.7. The molecular formula is C10H15N3O2S. The van der Waals surface area contributed by atoms with Crippen molar-refractivity contribution in [2.24, 2.45) is 5.73 Å². The first-order chi connectivity index (χ1) is 7.63. The Balaban J connectivity index is 2.14. The number of carboxylic acid groups (broad SMARTS) is 1. The molecule has 88 valence electrons. The fraction of sp³-hybridized carbons (Fsp3) is 0.600. The lowest BCUT2D eigenvalue weighted by Crippen LogP contribution is -2.25. The van der Waals surface area contributed by atoms with Gasteiger partial charge in [0.1, 0.15) is 6.04 Å². The van der Waals surface area contributed by atoms with Crippen molar-refractivity contribution >= 4 is 22.4 Å². The predicted octanol–water partition coefficient (Wildman–Crippen LogP) is 1.22. The van der Waals surface area contributed by atoms with Crippen LogP contribution in [0.1, 0.15) is 31.5 Å². The third-order valence-corrected chi connectivity index (χ3v) is 3.56. The lowest BCUT2D eigenvalue weighted by Gasteiger charge is -2.18. The van der Waals surface area contributed by atoms with Gasteiger partial charge in [-0.2, -0.15) is 0 Å². The summed E-state index contributed by atoms with van der Waals surface area (Å²) in [5.41, 5.74) is 5.96. The highest BCUT2D eigenvalue weighted by molar-refractivity contribution is 7.13. The van der Waals surface area contributed by atoms with Gasteiger partial charge in [-0.1, -0.05) is 0 Å². The molecule has 1 unspecified atom stereocenters. The molecule has 1 atom stereocenters. The Labute approximate surface area is 97.9 Å². The monoisotopic (exact) mass is 241 g/mol. The van der Waals surface area contributed by atoms with Crippen LogP contribution in [0.15, 0.2) is 5.38 Å². The molecule has 6 heteroatoms. The molecule has 16 heavy (non-hydrogen) atoms. The molecule has 1 aromatic heterocycles. The number of aromatic nitrogens is 1. The molecule has 0 amide bonds. The summed E-state index contributed by atoms with van der Waals surface area (Å²) in [6.45, 7) is 2.98. The maximum Gasteiger partial charge on any atom is 0.326 e. The van der Waals surface area contributed by atoms with E-state index in [2.05, 4.69) is 16.8 Å². The van der Waals surface area contributed by atoms with E-state index in [1.54, 1.807) is 5.38 Å². The van der Waals surface area contributed by atoms with E-state index in [1.165, 1.54) is 24.2 Å². The Hall–Kier alpha value is -1.14. The second-order valence-electron chi connectivity index (χ2n) is 3.89. The molecule has 2 rings (SSSR count). The lowest BCUT2D eigenvalue weighted by atomic mass is 10.2. The Kier molecular flexibility index (Phi) is 3.11. The number of thiazole rings is 1. The maximum atomic E-state index is 10.7. The van der Waals surface area contributed by atoms with Crippen molar-refractivity contribution in [2.45, 2.75) is 31.8 Å². The fourth-order valence-electron chi connectivity index (χ4n) is 1.61. The third-order valence-electron chi connectivity index (χ3n) is 2.67. The van der Waals surface area contributed by atoms with Gasteiger partial charge in [-0.3, -0.25) is 4.79 Å². The first kappa shape index (κ1) is 11.3. The molecule has 1 aromatic rings. The van der Waals surface area contributed by atoms with Crippen LogP contribution in [-0.4, -0.2) is 28.6 Å². The third kappa shape index (κ3) is 2.17. The minimum atomic E-state index is -1.04. The second-order valence-corrected chi connectivity index (χ2v) is 4.72. The van der Waals surface area contributed by atoms with Crippen LogP contribution in [0, 0.1) is 0 Å². The molecule has 1 saturated carbocycles. The van der Waals surface area contributed by atoms with Crippen molar-refractivity contribution in [1.82, 2.24) is 4.98 Å². The zero-order valence-corrected chi connectivity index (χ0v) is 9.91. The number of hydrogen-bond acceptors (Lipinski definition) is 5. The Bertz CT molecular complexity index is 389. The predicted molar refractivity (Wildman–Crippen MR) is 62.7 cm³/mol. The van der Waals surface area contributed by atoms with Gasteiger partial charge in [-0.25, -0.2) is 4.98 Å². The molecule has 1 fully saturated rings. The van der Waals surface area contributed by atoms with Gasteiger partial charge < -0.3 is 15.7 Å². The molecule has 0 bridgehead atoms. The van der Waals surface area contributed by atoms with Crippen molar-refractivity contribution < 1.29 is 9.90 Å². The average molecular weight is 241 g/mol. The van der Waals surface area contributed by atoms with Gasteiger partial charge in [-0.15, -0.1) is 11.3 Å². The minimum absolute atomic E-state index is 0.451. The highest BCUT2D eigenvalue weighted by atomic mass is 32.1. The summed E-state index contributed by atoms with van der Waals surface area (Å²) in [5.74, 6) is -1.04. The van der Waals surface area contributed by atoms with E-state index in [9.17, 15) is 4.79 Å². The van der Waals surface area contributed by atoms with Crippen LogP contribution in [0.2, 0.25) is 0 Å². The van der Waals surface area contributed by atoms with Crippen LogP contribution in [0.4, 0.5) is 5.13 Å². The average Bonchev–Trinajstić information content (AvgIpc) is 2.96. The van der Waals surface area contributed by atoms with Crippen molar-refractivity contribution in [3.63, 3.8) is 0 Å². The Morgan fingerprint density at radius 3 is 3.00 bits per heavy atom. The summed E-state index contributed by atoms with van der Waals surface area (Å²) in [5, 5.41) is 11.4. The fourth-order valence-corrected chi connectivity index (χ4v) is 2.61. The molecule has 0 radical (unpaired) electrons. The summed E-state index contributed by atoms with van der Waals surface area (Å²) >= 11 is 1.47. The van der Waals surface area contributed by atoms with E-state index in [4.69, 9.17) is 10.8 Å². The van der Waals surface area contributed by atoms with Gasteiger partial charge in [-0.05, 0) is 19.8 Å². The van der Waals surface area contributed by atoms with E-state index < -0.39 is 12.0 Å². The van der Waals surface area contributed by atoms with E-state index >= 15 is 0 Å². The molecule has 0 aromatic carbocycles. The minimum Gasteiger partial charge on any atom is -0.480 e. The molecule has 0 aliphatic heterocycles. The Morgan fingerprint density at radius 2 is 2.50 bits per heavy atom. The van der Waals surface area contributed by atoms with E-state index in [1.807, 2.05) is 0 Å². The van der Waals surface area contributed by atoms with Crippen LogP contribution < -0.4 is 10.6 Å². The molecular weight excluding hydrogens is 226 g/mol. The number of nitrogens with two attached hydrogens (primary N) is 1. The number of carboxylic acids is 1. The number of carbonyl (C=O) groups is 1. The molecule has 1 heterocycles. The molecule has 3 N–H and O–H groups in total. The summed E-state index contributed by atoms with van der Waals surface area (Å²) in [6, 6.07) is -0.423. The van der Waals surface area contributed by atoms with Crippen LogP contribution >= 0.6 is 11.3 Å². The second kappa shape index (κ2) is 4.39. The summed E-state index contributed by atoms with van der Waals surface area (Å²) in [6.07, 6.45) is 2.40. The van der Waals surface area contributed by atoms with E-state index in [0.717, 1.165) is 11.7 Å². The smallest absolute Gasteiger partial charge is 0.326 e. The number of hydrogen-bond donors (Lipinski definition) is 2. The van der Waals surface area contributed by atoms with Crippen LogP contribution in [-0.2, 0) is 4.79 Å². The molecule has 0 spiro atoms. The van der Waals surface area contributed by atoms with Crippen molar-refractivity contribution in [3.8, 4) is 0 Å². The first-order valence-corrected chi connectivity index (χ1v) is 6.22. The summed E-state index contributed by atoms with van der Waals surface area (Å²) < 4.78 is 0. The SMILES string of the molecule is CCN(c1nc(C(N)C(=O)O)cs1)C1CC1. The van der Waals surface area contributed by atoms with Crippen LogP contribution in [0.5, 0.6) is 0 Å². The highest BCUT2D eigenvalue weighted by Gasteiger charge is 2.30. The van der Waals surface area contributed by atoms with E-state index in [-0.39, 0.29) is 0 Å². The summed E-state index contributed by atoms with van der Waals surface area (Å²) in [4.78, 5) is 17.2. The van der Waals surface area contributed by atoms with Gasteiger partial charge in [0.2, 0.25) is 0 Å².